The molecule has 0 aliphatic carbocycles. The first kappa shape index (κ1) is 21.1. The zero-order valence-corrected chi connectivity index (χ0v) is 17.5. The fraction of sp³-hybridized carbons (Fsp3) is 0.115. The number of benzene rings is 3. The van der Waals surface area contributed by atoms with Gasteiger partial charge in [0.05, 0.1) is 12.5 Å². The number of fused-ring (bicyclic) bond motifs is 1. The molecule has 160 valence electrons. The van der Waals surface area contributed by atoms with Gasteiger partial charge < -0.3 is 15.1 Å². The van der Waals surface area contributed by atoms with Crippen molar-refractivity contribution in [3.8, 4) is 0 Å². The summed E-state index contributed by atoms with van der Waals surface area (Å²) in [6.45, 7) is 1.83. The van der Waals surface area contributed by atoms with Crippen LogP contribution in [0, 0.1) is 6.92 Å². The molecule has 6 nitrogen and oxygen atoms in total. The third-order valence-electron chi connectivity index (χ3n) is 5.17. The monoisotopic (exact) mass is 426 g/mol. The van der Waals surface area contributed by atoms with E-state index < -0.39 is 11.7 Å². The fourth-order valence-corrected chi connectivity index (χ4v) is 3.57. The SMILES string of the molecule is Cc1cc(=O)oc2cc(NC(=O)C[C@@H](NC(=O)c3ccccc3)c3ccccc3)ccc12. The van der Waals surface area contributed by atoms with Crippen molar-refractivity contribution in [2.24, 2.45) is 0 Å². The Kier molecular flexibility index (Phi) is 6.12. The second-order valence-electron chi connectivity index (χ2n) is 7.51. The number of carbonyl (C=O) groups excluding carboxylic acids is 2. The predicted molar refractivity (Wildman–Crippen MR) is 124 cm³/mol. The molecule has 1 heterocycles. The van der Waals surface area contributed by atoms with Gasteiger partial charge in [-0.15, -0.1) is 0 Å². The minimum absolute atomic E-state index is 0.0401. The molecule has 0 radical (unpaired) electrons. The van der Waals surface area contributed by atoms with E-state index in [-0.39, 0.29) is 18.2 Å². The zero-order valence-electron chi connectivity index (χ0n) is 17.5. The summed E-state index contributed by atoms with van der Waals surface area (Å²) >= 11 is 0. The third-order valence-corrected chi connectivity index (χ3v) is 5.17. The Balaban J connectivity index is 1.53. The Morgan fingerprint density at radius 3 is 2.31 bits per heavy atom. The number of nitrogens with one attached hydrogen (secondary N) is 2. The van der Waals surface area contributed by atoms with Gasteiger partial charge in [0.2, 0.25) is 5.91 Å². The van der Waals surface area contributed by atoms with Crippen LogP contribution >= 0.6 is 0 Å². The maximum atomic E-state index is 12.8. The lowest BCUT2D eigenvalue weighted by molar-refractivity contribution is -0.116. The smallest absolute Gasteiger partial charge is 0.336 e. The number of rotatable bonds is 6. The van der Waals surface area contributed by atoms with Crippen molar-refractivity contribution in [2.45, 2.75) is 19.4 Å². The maximum Gasteiger partial charge on any atom is 0.336 e. The molecule has 0 bridgehead atoms. The first-order chi connectivity index (χ1) is 15.5. The molecule has 0 spiro atoms. The number of aryl methyl sites for hydroxylation is 1. The van der Waals surface area contributed by atoms with Gasteiger partial charge in [-0.25, -0.2) is 4.79 Å². The van der Waals surface area contributed by atoms with Crippen molar-refractivity contribution in [3.05, 3.63) is 112 Å². The maximum absolute atomic E-state index is 12.8. The third kappa shape index (κ3) is 4.92. The van der Waals surface area contributed by atoms with Crippen molar-refractivity contribution in [2.75, 3.05) is 5.32 Å². The molecule has 4 aromatic rings. The van der Waals surface area contributed by atoms with E-state index >= 15 is 0 Å². The summed E-state index contributed by atoms with van der Waals surface area (Å²) in [5.74, 6) is -0.531. The minimum atomic E-state index is -0.510. The van der Waals surface area contributed by atoms with Crippen molar-refractivity contribution in [1.82, 2.24) is 5.32 Å². The molecule has 1 aromatic heterocycles. The minimum Gasteiger partial charge on any atom is -0.423 e. The van der Waals surface area contributed by atoms with E-state index in [4.69, 9.17) is 4.42 Å². The van der Waals surface area contributed by atoms with Crippen LogP contribution in [0.15, 0.2) is 94.1 Å². The summed E-state index contributed by atoms with van der Waals surface area (Å²) in [5, 5.41) is 6.59. The van der Waals surface area contributed by atoms with Crippen molar-refractivity contribution < 1.29 is 14.0 Å². The quantitative estimate of drug-likeness (QED) is 0.441. The van der Waals surface area contributed by atoms with E-state index in [0.717, 1.165) is 16.5 Å². The van der Waals surface area contributed by atoms with Gasteiger partial charge in [0, 0.05) is 28.8 Å². The average Bonchev–Trinajstić information content (AvgIpc) is 2.79. The van der Waals surface area contributed by atoms with Crippen molar-refractivity contribution in [3.63, 3.8) is 0 Å². The van der Waals surface area contributed by atoms with Gasteiger partial charge in [-0.1, -0.05) is 48.5 Å². The summed E-state index contributed by atoms with van der Waals surface area (Å²) in [6.07, 6.45) is 0.0401. The second-order valence-corrected chi connectivity index (χ2v) is 7.51. The standard InChI is InChI=1S/C26H22N2O4/c1-17-14-25(30)32-23-15-20(12-13-21(17)23)27-24(29)16-22(18-8-4-2-5-9-18)28-26(31)19-10-6-3-7-11-19/h2-15,22H,16H2,1H3,(H,27,29)(H,28,31)/t22-/m1/s1. The molecule has 32 heavy (non-hydrogen) atoms. The van der Waals surface area contributed by atoms with Gasteiger partial charge in [-0.05, 0) is 42.3 Å². The molecule has 0 saturated carbocycles. The summed E-state index contributed by atoms with van der Waals surface area (Å²) in [6, 6.07) is 24.3. The van der Waals surface area contributed by atoms with Gasteiger partial charge >= 0.3 is 5.63 Å². The molecule has 0 aliphatic heterocycles. The Morgan fingerprint density at radius 1 is 0.906 bits per heavy atom. The molecule has 0 aliphatic rings. The number of anilines is 1. The Morgan fingerprint density at radius 2 is 1.59 bits per heavy atom. The highest BCUT2D eigenvalue weighted by Gasteiger charge is 2.19. The average molecular weight is 426 g/mol. The van der Waals surface area contributed by atoms with Crippen LogP contribution in [0.3, 0.4) is 0 Å². The van der Waals surface area contributed by atoms with E-state index in [0.29, 0.717) is 16.8 Å². The molecule has 0 unspecified atom stereocenters. The molecular weight excluding hydrogens is 404 g/mol. The van der Waals surface area contributed by atoms with Gasteiger partial charge in [-0.3, -0.25) is 9.59 Å². The second kappa shape index (κ2) is 9.31. The van der Waals surface area contributed by atoms with E-state index in [2.05, 4.69) is 10.6 Å². The number of carbonyl (C=O) groups is 2. The lowest BCUT2D eigenvalue weighted by Crippen LogP contribution is -2.31. The van der Waals surface area contributed by atoms with Gasteiger partial charge in [0.15, 0.2) is 0 Å². The highest BCUT2D eigenvalue weighted by atomic mass is 16.4. The Hall–Kier alpha value is -4.19. The summed E-state index contributed by atoms with van der Waals surface area (Å²) < 4.78 is 5.25. The number of hydrogen-bond donors (Lipinski definition) is 2. The molecule has 2 N–H and O–H groups in total. The van der Waals surface area contributed by atoms with E-state index in [1.807, 2.05) is 43.3 Å². The van der Waals surface area contributed by atoms with Crippen molar-refractivity contribution in [1.29, 1.82) is 0 Å². The topological polar surface area (TPSA) is 88.4 Å². The first-order valence-corrected chi connectivity index (χ1v) is 10.2. The van der Waals surface area contributed by atoms with Crippen LogP contribution in [0.4, 0.5) is 5.69 Å². The predicted octanol–water partition coefficient (Wildman–Crippen LogP) is 4.60. The molecule has 0 fully saturated rings. The summed E-state index contributed by atoms with van der Waals surface area (Å²) in [7, 11) is 0. The van der Waals surface area contributed by atoms with Crippen LogP contribution in [0.2, 0.25) is 0 Å². The van der Waals surface area contributed by atoms with E-state index in [9.17, 15) is 14.4 Å². The van der Waals surface area contributed by atoms with Gasteiger partial charge in [0.1, 0.15) is 5.58 Å². The lowest BCUT2D eigenvalue weighted by atomic mass is 10.0. The molecule has 1 atom stereocenters. The van der Waals surface area contributed by atoms with Crippen LogP contribution in [-0.2, 0) is 4.79 Å². The molecule has 6 heteroatoms. The summed E-state index contributed by atoms with van der Waals surface area (Å²) in [5.41, 5.74) is 2.64. The first-order valence-electron chi connectivity index (χ1n) is 10.2. The normalized spacial score (nSPS) is 11.7. The zero-order chi connectivity index (χ0) is 22.5. The van der Waals surface area contributed by atoms with E-state index in [1.165, 1.54) is 6.07 Å². The van der Waals surface area contributed by atoms with Crippen LogP contribution in [0.25, 0.3) is 11.0 Å². The Labute approximate surface area is 184 Å². The molecule has 0 saturated heterocycles. The molecule has 2 amide bonds. The van der Waals surface area contributed by atoms with Crippen LogP contribution in [0.5, 0.6) is 0 Å². The number of hydrogen-bond acceptors (Lipinski definition) is 4. The van der Waals surface area contributed by atoms with E-state index in [1.54, 1.807) is 42.5 Å². The highest BCUT2D eigenvalue weighted by molar-refractivity contribution is 5.96. The molecule has 4 rings (SSSR count). The molecular formula is C26H22N2O4. The molecule has 3 aromatic carbocycles. The fourth-order valence-electron chi connectivity index (χ4n) is 3.57. The van der Waals surface area contributed by atoms with Gasteiger partial charge in [-0.2, -0.15) is 0 Å². The largest absolute Gasteiger partial charge is 0.423 e. The van der Waals surface area contributed by atoms with Crippen LogP contribution in [0.1, 0.15) is 33.9 Å². The lowest BCUT2D eigenvalue weighted by Gasteiger charge is -2.19. The van der Waals surface area contributed by atoms with Gasteiger partial charge in [0.25, 0.3) is 5.91 Å². The van der Waals surface area contributed by atoms with Crippen molar-refractivity contribution >= 4 is 28.5 Å². The number of amides is 2. The Bertz CT molecular complexity index is 1310. The highest BCUT2D eigenvalue weighted by Crippen LogP contribution is 2.22. The van der Waals surface area contributed by atoms with Crippen LogP contribution < -0.4 is 16.3 Å². The summed E-state index contributed by atoms with van der Waals surface area (Å²) in [4.78, 5) is 37.2. The van der Waals surface area contributed by atoms with Crippen LogP contribution in [-0.4, -0.2) is 11.8 Å².